The molecule has 35 heavy (non-hydrogen) atoms. The van der Waals surface area contributed by atoms with E-state index in [1.165, 1.54) is 19.2 Å². The monoisotopic (exact) mass is 477 g/mol. The fourth-order valence-electron chi connectivity index (χ4n) is 4.48. The second kappa shape index (κ2) is 9.33. The molecule has 0 amide bonds. The summed E-state index contributed by atoms with van der Waals surface area (Å²) in [5.74, 6) is 0.821. The third-order valence-corrected chi connectivity index (χ3v) is 6.31. The summed E-state index contributed by atoms with van der Waals surface area (Å²) in [4.78, 5) is 50.3. The summed E-state index contributed by atoms with van der Waals surface area (Å²) < 4.78 is 5.98. The van der Waals surface area contributed by atoms with Gasteiger partial charge in [0.25, 0.3) is 0 Å². The summed E-state index contributed by atoms with van der Waals surface area (Å²) in [5, 5.41) is 15.1. The molecule has 0 radical (unpaired) electrons. The second-order valence-electron chi connectivity index (χ2n) is 8.23. The molecule has 1 fully saturated rings. The maximum atomic E-state index is 13.3. The maximum absolute atomic E-state index is 13.3. The van der Waals surface area contributed by atoms with Gasteiger partial charge in [-0.1, -0.05) is 12.1 Å². The van der Waals surface area contributed by atoms with Crippen LogP contribution in [0.5, 0.6) is 5.75 Å². The lowest BCUT2D eigenvalue weighted by Gasteiger charge is -2.36. The van der Waals surface area contributed by atoms with Gasteiger partial charge in [-0.05, 0) is 29.4 Å². The van der Waals surface area contributed by atoms with E-state index in [-0.39, 0.29) is 45.9 Å². The van der Waals surface area contributed by atoms with Crippen molar-refractivity contribution in [3.05, 3.63) is 72.5 Å². The Morgan fingerprint density at radius 1 is 1.06 bits per heavy atom. The standard InChI is InChI=1S/C23H23N7O5/c1-24-19-20(22(32)18-15(28-34)7-6-14(27-33)17(18)21(19)31)25-12-29-8-10-30(11-9-29)23-26-13-4-2-3-5-16(13)35-23/h2-7,23,26-27,33H,8-12H2,1H3. The zero-order valence-corrected chi connectivity index (χ0v) is 18.9. The number of nitrogens with one attached hydrogen (secondary N) is 2. The Morgan fingerprint density at radius 3 is 2.49 bits per heavy atom. The highest BCUT2D eigenvalue weighted by Crippen LogP contribution is 2.32. The first kappa shape index (κ1) is 22.8. The predicted molar refractivity (Wildman–Crippen MR) is 129 cm³/mol. The minimum atomic E-state index is -0.633. The molecule has 0 bridgehead atoms. The number of ether oxygens (including phenoxy) is 1. The molecule has 3 N–H and O–H groups in total. The quantitative estimate of drug-likeness (QED) is 0.351. The van der Waals surface area contributed by atoms with Crippen LogP contribution in [0.15, 0.2) is 61.1 Å². The van der Waals surface area contributed by atoms with Crippen molar-refractivity contribution in [1.29, 1.82) is 0 Å². The van der Waals surface area contributed by atoms with Gasteiger partial charge in [-0.2, -0.15) is 0 Å². The first-order chi connectivity index (χ1) is 17.0. The van der Waals surface area contributed by atoms with E-state index in [0.29, 0.717) is 26.2 Å². The van der Waals surface area contributed by atoms with Crippen molar-refractivity contribution in [3.8, 4) is 5.75 Å². The SMILES string of the molecule is CN=c1c(=NCN2CCN(C3Nc4ccccc4O3)CC2)c(=O)c2c(N=O)ccc(NO)c2c1=O. The van der Waals surface area contributed by atoms with E-state index in [0.717, 1.165) is 11.4 Å². The molecule has 1 unspecified atom stereocenters. The smallest absolute Gasteiger partial charge is 0.230 e. The van der Waals surface area contributed by atoms with E-state index in [9.17, 15) is 19.7 Å². The minimum absolute atomic E-state index is 0.00744. The number of para-hydroxylation sites is 2. The molecule has 0 aromatic heterocycles. The van der Waals surface area contributed by atoms with Crippen molar-refractivity contribution < 1.29 is 9.94 Å². The normalized spacial score (nSPS) is 19.4. The molecule has 0 saturated carbocycles. The number of piperazine rings is 1. The van der Waals surface area contributed by atoms with E-state index in [2.05, 4.69) is 30.3 Å². The van der Waals surface area contributed by atoms with Gasteiger partial charge in [0.2, 0.25) is 17.2 Å². The van der Waals surface area contributed by atoms with Gasteiger partial charge in [-0.15, -0.1) is 4.91 Å². The Morgan fingerprint density at radius 2 is 1.80 bits per heavy atom. The largest absolute Gasteiger partial charge is 0.455 e. The van der Waals surface area contributed by atoms with Crippen molar-refractivity contribution in [1.82, 2.24) is 9.80 Å². The lowest BCUT2D eigenvalue weighted by molar-refractivity contribution is 0.0191. The fraction of sp³-hybridized carbons (Fsp3) is 0.304. The number of benzene rings is 3. The molecule has 3 aromatic rings. The molecule has 2 heterocycles. The van der Waals surface area contributed by atoms with Gasteiger partial charge in [0, 0.05) is 33.2 Å². The molecule has 0 spiro atoms. The summed E-state index contributed by atoms with van der Waals surface area (Å²) in [6, 6.07) is 10.3. The molecule has 1 saturated heterocycles. The first-order valence-electron chi connectivity index (χ1n) is 11.1. The molecular weight excluding hydrogens is 454 g/mol. The Kier molecular flexibility index (Phi) is 6.07. The third-order valence-electron chi connectivity index (χ3n) is 6.31. The van der Waals surface area contributed by atoms with Gasteiger partial charge >= 0.3 is 0 Å². The number of anilines is 2. The van der Waals surface area contributed by atoms with Crippen LogP contribution < -0.4 is 37.1 Å². The van der Waals surface area contributed by atoms with Crippen LogP contribution in [0.1, 0.15) is 0 Å². The molecule has 5 rings (SSSR count). The lowest BCUT2D eigenvalue weighted by atomic mass is 10.0. The molecule has 1 atom stereocenters. The van der Waals surface area contributed by atoms with E-state index >= 15 is 0 Å². The van der Waals surface area contributed by atoms with Gasteiger partial charge in [0.15, 0.2) is 0 Å². The molecule has 12 nitrogen and oxygen atoms in total. The number of hydrogen-bond donors (Lipinski definition) is 3. The number of rotatable bonds is 5. The second-order valence-corrected chi connectivity index (χ2v) is 8.23. The highest BCUT2D eigenvalue weighted by Gasteiger charge is 2.30. The Balaban J connectivity index is 1.40. The number of hydrogen-bond acceptors (Lipinski definition) is 12. The van der Waals surface area contributed by atoms with Gasteiger partial charge < -0.3 is 10.1 Å². The van der Waals surface area contributed by atoms with Crippen molar-refractivity contribution in [2.24, 2.45) is 15.2 Å². The molecule has 12 heteroatoms. The number of nitrogens with zero attached hydrogens (tertiary/aromatic N) is 5. The fourth-order valence-corrected chi connectivity index (χ4v) is 4.48. The van der Waals surface area contributed by atoms with Crippen molar-refractivity contribution in [2.45, 2.75) is 6.35 Å². The van der Waals surface area contributed by atoms with Gasteiger partial charge in [-0.3, -0.25) is 35.2 Å². The average molecular weight is 477 g/mol. The summed E-state index contributed by atoms with van der Waals surface area (Å²) in [5.41, 5.74) is 1.40. The molecule has 180 valence electrons. The van der Waals surface area contributed by atoms with Crippen LogP contribution in [0.4, 0.5) is 17.1 Å². The van der Waals surface area contributed by atoms with Crippen LogP contribution >= 0.6 is 0 Å². The molecule has 2 aliphatic heterocycles. The van der Waals surface area contributed by atoms with Crippen molar-refractivity contribution >= 4 is 27.8 Å². The highest BCUT2D eigenvalue weighted by molar-refractivity contribution is 6.00. The van der Waals surface area contributed by atoms with Gasteiger partial charge in [-0.25, -0.2) is 4.90 Å². The van der Waals surface area contributed by atoms with Crippen LogP contribution in [-0.2, 0) is 0 Å². The lowest BCUT2D eigenvalue weighted by Crippen LogP contribution is -2.54. The van der Waals surface area contributed by atoms with Crippen LogP contribution in [0.3, 0.4) is 0 Å². The molecule has 3 aromatic carbocycles. The summed E-state index contributed by atoms with van der Waals surface area (Å²) in [7, 11) is 1.39. The Bertz CT molecular complexity index is 1500. The van der Waals surface area contributed by atoms with E-state index in [1.807, 2.05) is 29.7 Å². The average Bonchev–Trinajstić information content (AvgIpc) is 3.33. The van der Waals surface area contributed by atoms with E-state index in [4.69, 9.17) is 4.74 Å². The predicted octanol–water partition coefficient (Wildman–Crippen LogP) is 0.429. The summed E-state index contributed by atoms with van der Waals surface area (Å²) in [6.45, 7) is 2.95. The minimum Gasteiger partial charge on any atom is -0.455 e. The zero-order valence-electron chi connectivity index (χ0n) is 18.9. The Labute approximate surface area is 198 Å². The van der Waals surface area contributed by atoms with Crippen LogP contribution in [0, 0.1) is 4.91 Å². The highest BCUT2D eigenvalue weighted by atomic mass is 16.5. The van der Waals surface area contributed by atoms with Crippen molar-refractivity contribution in [3.63, 3.8) is 0 Å². The summed E-state index contributed by atoms with van der Waals surface area (Å²) >= 11 is 0. The molecule has 0 aliphatic carbocycles. The van der Waals surface area contributed by atoms with Crippen LogP contribution in [0.2, 0.25) is 0 Å². The number of nitroso groups, excluding NO2 is 1. The van der Waals surface area contributed by atoms with E-state index in [1.54, 1.807) is 0 Å². The van der Waals surface area contributed by atoms with Gasteiger partial charge in [0.1, 0.15) is 22.2 Å². The third kappa shape index (κ3) is 3.97. The van der Waals surface area contributed by atoms with E-state index < -0.39 is 10.9 Å². The van der Waals surface area contributed by atoms with Gasteiger partial charge in [0.05, 0.1) is 28.8 Å². The zero-order chi connectivity index (χ0) is 24.5. The van der Waals surface area contributed by atoms with Crippen molar-refractivity contribution in [2.75, 3.05) is 50.7 Å². The van der Waals surface area contributed by atoms with Crippen LogP contribution in [-0.4, -0.2) is 61.3 Å². The molecule has 2 aliphatic rings. The topological polar surface area (TPSA) is 148 Å². The first-order valence-corrected chi connectivity index (χ1v) is 11.1. The summed E-state index contributed by atoms with van der Waals surface area (Å²) in [6.07, 6.45) is -0.239. The molecular formula is C23H23N7O5. The maximum Gasteiger partial charge on any atom is 0.230 e. The Hall–Kier alpha value is -4.00. The number of fused-ring (bicyclic) bond motifs is 2. The van der Waals surface area contributed by atoms with Crippen LogP contribution in [0.25, 0.3) is 10.8 Å².